The molecule has 1 nitrogen and oxygen atoms in total. The third-order valence-electron chi connectivity index (χ3n) is 18.4. The maximum atomic E-state index is 2.75. The fourth-order valence-corrected chi connectivity index (χ4v) is 14.8. The van der Waals surface area contributed by atoms with E-state index >= 15 is 0 Å². The second kappa shape index (κ2) is 14.5. The molecule has 2 heteroatoms. The van der Waals surface area contributed by atoms with Gasteiger partial charge in [0.25, 0.3) is 0 Å². The average molecular weight is 902 g/mol. The highest BCUT2D eigenvalue weighted by atomic mass is 15.2. The number of rotatable bonds is 3. The Labute approximate surface area is 414 Å². The van der Waals surface area contributed by atoms with Crippen molar-refractivity contribution in [2.75, 3.05) is 4.90 Å². The number of hydrogen-bond donors (Lipinski definition) is 0. The standard InChI is InChI=1S/C67H72BN/c1-40-31-51-54(64(7,8)30-29-63(51,5)6)38-57(40)69-58-34-42(41-21-16-15-17-22-41)27-28-55(58)68-56-37-53-52(65(9,10)39-66(53,11)12)36-49(56)48(33-43-32-44(62(2,3)4)35-59(69)61(43)68)47-25-20-24-46-45-23-18-19-26-50(45)67(13,14)60(46)47/h15-28,31-32,34-38,48H,29-30,33,39H2,1-14H3. The summed E-state index contributed by atoms with van der Waals surface area (Å²) in [4.78, 5) is 2.75. The van der Waals surface area contributed by atoms with E-state index in [4.69, 9.17) is 0 Å². The molecule has 348 valence electrons. The highest BCUT2D eigenvalue weighted by molar-refractivity contribution is 6.98. The lowest BCUT2D eigenvalue weighted by Crippen LogP contribution is -2.58. The van der Waals surface area contributed by atoms with Gasteiger partial charge in [-0.3, -0.25) is 0 Å². The summed E-state index contributed by atoms with van der Waals surface area (Å²) < 4.78 is 0. The number of fused-ring (bicyclic) bond motifs is 9. The molecule has 0 radical (unpaired) electrons. The van der Waals surface area contributed by atoms with E-state index in [1.807, 2.05) is 0 Å². The molecular weight excluding hydrogens is 830 g/mol. The van der Waals surface area contributed by atoms with Crippen LogP contribution in [-0.4, -0.2) is 6.71 Å². The Morgan fingerprint density at radius 3 is 1.86 bits per heavy atom. The van der Waals surface area contributed by atoms with Crippen molar-refractivity contribution in [1.82, 2.24) is 0 Å². The summed E-state index contributed by atoms with van der Waals surface area (Å²) in [5.74, 6) is 0.160. The Hall–Kier alpha value is -5.60. The van der Waals surface area contributed by atoms with Crippen LogP contribution in [0.15, 0.2) is 127 Å². The Bertz CT molecular complexity index is 3310. The van der Waals surface area contributed by atoms with Crippen LogP contribution >= 0.6 is 0 Å². The Kier molecular flexibility index (Phi) is 9.37. The van der Waals surface area contributed by atoms with E-state index in [0.29, 0.717) is 0 Å². The molecule has 12 rings (SSSR count). The number of hydrogen-bond acceptors (Lipinski definition) is 1. The van der Waals surface area contributed by atoms with E-state index < -0.39 is 0 Å². The fourth-order valence-electron chi connectivity index (χ4n) is 14.8. The zero-order valence-corrected chi connectivity index (χ0v) is 44.1. The highest BCUT2D eigenvalue weighted by Crippen LogP contribution is 2.56. The van der Waals surface area contributed by atoms with Gasteiger partial charge < -0.3 is 4.90 Å². The van der Waals surface area contributed by atoms with E-state index in [2.05, 4.69) is 229 Å². The molecule has 0 N–H and O–H groups in total. The van der Waals surface area contributed by atoms with Crippen LogP contribution in [0.3, 0.4) is 0 Å². The number of benzene rings is 7. The molecule has 1 atom stereocenters. The lowest BCUT2D eigenvalue weighted by atomic mass is 9.34. The van der Waals surface area contributed by atoms with Crippen molar-refractivity contribution in [1.29, 1.82) is 0 Å². The van der Waals surface area contributed by atoms with E-state index in [1.54, 1.807) is 5.56 Å². The van der Waals surface area contributed by atoms with Crippen LogP contribution < -0.4 is 21.3 Å². The van der Waals surface area contributed by atoms with Gasteiger partial charge in [-0.25, -0.2) is 0 Å². The number of nitrogens with zero attached hydrogens (tertiary/aromatic N) is 1. The maximum absolute atomic E-state index is 2.75. The van der Waals surface area contributed by atoms with Crippen LogP contribution in [0.2, 0.25) is 0 Å². The zero-order chi connectivity index (χ0) is 48.5. The minimum Gasteiger partial charge on any atom is -0.311 e. The van der Waals surface area contributed by atoms with Crippen LogP contribution in [0.4, 0.5) is 17.1 Å². The van der Waals surface area contributed by atoms with Crippen LogP contribution in [-0.2, 0) is 38.9 Å². The first kappa shape index (κ1) is 44.6. The van der Waals surface area contributed by atoms with Crippen molar-refractivity contribution in [2.45, 2.75) is 161 Å². The largest absolute Gasteiger partial charge is 0.311 e. The molecule has 0 spiro atoms. The van der Waals surface area contributed by atoms with Gasteiger partial charge in [0.1, 0.15) is 0 Å². The summed E-state index contributed by atoms with van der Waals surface area (Å²) in [6.07, 6.45) is 4.47. The smallest absolute Gasteiger partial charge is 0.247 e. The number of aryl methyl sites for hydroxylation is 1. The molecule has 0 saturated carbocycles. The Morgan fingerprint density at radius 1 is 0.507 bits per heavy atom. The third kappa shape index (κ3) is 6.48. The minimum absolute atomic E-state index is 0.0522. The predicted molar refractivity (Wildman–Crippen MR) is 297 cm³/mol. The summed E-state index contributed by atoms with van der Waals surface area (Å²) in [5.41, 5.74) is 30.1. The number of anilines is 3. The molecule has 69 heavy (non-hydrogen) atoms. The molecular formula is C67H72BN. The van der Waals surface area contributed by atoms with Gasteiger partial charge in [0.15, 0.2) is 0 Å². The maximum Gasteiger partial charge on any atom is 0.247 e. The van der Waals surface area contributed by atoms with Crippen molar-refractivity contribution < 1.29 is 0 Å². The molecule has 3 aliphatic carbocycles. The van der Waals surface area contributed by atoms with E-state index in [9.17, 15) is 0 Å². The Morgan fingerprint density at radius 2 is 1.14 bits per heavy atom. The van der Waals surface area contributed by atoms with Gasteiger partial charge in [-0.15, -0.1) is 0 Å². The van der Waals surface area contributed by atoms with Crippen molar-refractivity contribution in [3.63, 3.8) is 0 Å². The van der Waals surface area contributed by atoms with Crippen molar-refractivity contribution in [2.24, 2.45) is 0 Å². The molecule has 7 aromatic rings. The predicted octanol–water partition coefficient (Wildman–Crippen LogP) is 15.6. The van der Waals surface area contributed by atoms with Crippen LogP contribution in [0.25, 0.3) is 22.3 Å². The van der Waals surface area contributed by atoms with Gasteiger partial charge in [-0.05, 0) is 172 Å². The van der Waals surface area contributed by atoms with Gasteiger partial charge >= 0.3 is 0 Å². The van der Waals surface area contributed by atoms with E-state index in [1.165, 1.54) is 124 Å². The summed E-state index contributed by atoms with van der Waals surface area (Å²) in [6, 6.07) is 51.1. The first-order chi connectivity index (χ1) is 32.5. The SMILES string of the molecule is Cc1cc2c(cc1N1c3cc(-c4ccccc4)ccc3B3c4cc5c(cc4C(c4cccc6c4C(C)(C)c4ccccc4-6)Cc4cc(C(C)(C)C)cc1c43)C(C)(C)CC5(C)C)C(C)(C)CCC2(C)C. The first-order valence-corrected chi connectivity index (χ1v) is 26.2. The third-order valence-corrected chi connectivity index (χ3v) is 18.4. The molecule has 0 amide bonds. The lowest BCUT2D eigenvalue weighted by Gasteiger charge is -2.44. The first-order valence-electron chi connectivity index (χ1n) is 26.2. The molecule has 2 aliphatic heterocycles. The summed E-state index contributed by atoms with van der Waals surface area (Å²) in [5, 5.41) is 0. The molecule has 0 saturated heterocycles. The molecule has 0 bridgehead atoms. The minimum atomic E-state index is -0.134. The van der Waals surface area contributed by atoms with Gasteiger partial charge in [0, 0.05) is 28.4 Å². The second-order valence-corrected chi connectivity index (χ2v) is 26.3. The molecule has 1 unspecified atom stereocenters. The molecule has 2 heterocycles. The summed E-state index contributed by atoms with van der Waals surface area (Å²) in [7, 11) is 0. The average Bonchev–Trinajstić information content (AvgIpc) is 3.57. The van der Waals surface area contributed by atoms with E-state index in [-0.39, 0.29) is 45.1 Å². The van der Waals surface area contributed by atoms with Crippen molar-refractivity contribution in [3.05, 3.63) is 189 Å². The van der Waals surface area contributed by atoms with Crippen LogP contribution in [0.1, 0.15) is 176 Å². The topological polar surface area (TPSA) is 3.24 Å². The van der Waals surface area contributed by atoms with Gasteiger partial charge in [-0.1, -0.05) is 205 Å². The van der Waals surface area contributed by atoms with E-state index in [0.717, 1.165) is 12.8 Å². The highest BCUT2D eigenvalue weighted by Gasteiger charge is 2.49. The molecule has 5 aliphatic rings. The summed E-state index contributed by atoms with van der Waals surface area (Å²) >= 11 is 0. The Balaban J connectivity index is 1.21. The molecule has 0 fully saturated rings. The zero-order valence-electron chi connectivity index (χ0n) is 44.1. The molecule has 0 aromatic heterocycles. The fraction of sp³-hybridized carbons (Fsp3) is 0.373. The van der Waals surface area contributed by atoms with Crippen LogP contribution in [0.5, 0.6) is 0 Å². The quantitative estimate of drug-likeness (QED) is 0.160. The monoisotopic (exact) mass is 902 g/mol. The normalized spacial score (nSPS) is 20.2. The second-order valence-electron chi connectivity index (χ2n) is 26.3. The van der Waals surface area contributed by atoms with Gasteiger partial charge in [0.05, 0.1) is 0 Å². The van der Waals surface area contributed by atoms with Crippen molar-refractivity contribution in [3.8, 4) is 22.3 Å². The van der Waals surface area contributed by atoms with Crippen LogP contribution in [0, 0.1) is 6.92 Å². The molecule has 7 aromatic carbocycles. The summed E-state index contributed by atoms with van der Waals surface area (Å²) in [6.45, 7) is 34.6. The van der Waals surface area contributed by atoms with Gasteiger partial charge in [0.2, 0.25) is 6.71 Å². The lowest BCUT2D eigenvalue weighted by molar-refractivity contribution is 0.332. The van der Waals surface area contributed by atoms with Gasteiger partial charge in [-0.2, -0.15) is 0 Å². The van der Waals surface area contributed by atoms with Crippen molar-refractivity contribution >= 4 is 40.2 Å².